The van der Waals surface area contributed by atoms with Crippen molar-refractivity contribution in [2.24, 2.45) is 11.8 Å². The predicted molar refractivity (Wildman–Crippen MR) is 359 cm³/mol. The predicted octanol–water partition coefficient (Wildman–Crippen LogP) is 3.85. The number of carbonyl (C=O) groups excluding carboxylic acids is 7. The number of Topliss-reactive ketones (excluding diaryl/α,β-unsaturated/α-hetero) is 1. The number of hydrogen-bond donors (Lipinski definition) is 17. The maximum absolute atomic E-state index is 14.2. The van der Waals surface area contributed by atoms with Crippen LogP contribution in [0.25, 0.3) is 0 Å². The second-order valence-electron chi connectivity index (χ2n) is 24.5. The highest BCUT2D eigenvalue weighted by molar-refractivity contribution is 5.94. The maximum Gasteiger partial charge on any atom is 0.326 e. The quantitative estimate of drug-likeness (QED) is 0.0279. The van der Waals surface area contributed by atoms with Gasteiger partial charge in [-0.05, 0) is 124 Å². The molecule has 0 radical (unpaired) electrons. The Morgan fingerprint density at radius 1 is 0.413 bits per heavy atom. The number of carboxylic acids is 9. The van der Waals surface area contributed by atoms with Gasteiger partial charge in [-0.3, -0.25) is 57.0 Å². The molecule has 1 heterocycles. The number of ketones is 1. The highest BCUT2D eigenvalue weighted by Gasteiger charge is 2.35. The molecule has 0 bridgehead atoms. The number of nitrogens with one attached hydrogen (secondary N) is 8. The zero-order valence-electron chi connectivity index (χ0n) is 56.2. The lowest BCUT2D eigenvalue weighted by Crippen LogP contribution is -2.51. The fourth-order valence-electron chi connectivity index (χ4n) is 10.6. The van der Waals surface area contributed by atoms with E-state index in [4.69, 9.17) is 15.3 Å². The van der Waals surface area contributed by atoms with Crippen molar-refractivity contribution in [1.82, 2.24) is 41.6 Å². The number of rotatable bonds is 50. The number of unbranched alkanes of at least 4 members (excludes halogenated alkanes) is 1. The number of carboxylic acid groups (broad SMARTS) is 9. The van der Waals surface area contributed by atoms with Crippen LogP contribution in [0.4, 0.5) is 31.0 Å². The number of hydrogen-bond acceptors (Lipinski definition) is 18. The van der Waals surface area contributed by atoms with E-state index in [-0.39, 0.29) is 101 Å². The molecular weight excluding hydrogens is 1380 g/mol. The van der Waals surface area contributed by atoms with E-state index in [9.17, 15) is 112 Å². The Hall–Kier alpha value is -12.0. The first-order valence-corrected chi connectivity index (χ1v) is 32.8. The van der Waals surface area contributed by atoms with Crippen LogP contribution in [0.3, 0.4) is 0 Å². The number of aryl methyl sites for hydroxylation is 2. The third-order valence-corrected chi connectivity index (χ3v) is 16.2. The highest BCUT2D eigenvalue weighted by Crippen LogP contribution is 2.29. The lowest BCUT2D eigenvalue weighted by molar-refractivity contribution is -0.146. The molecule has 0 aliphatic carbocycles. The number of aromatic nitrogens is 3. The van der Waals surface area contributed by atoms with Crippen molar-refractivity contribution in [1.29, 1.82) is 0 Å². The number of urea groups is 2. The number of benzene rings is 3. The van der Waals surface area contributed by atoms with Crippen molar-refractivity contribution in [2.75, 3.05) is 22.6 Å². The molecule has 0 spiro atoms. The van der Waals surface area contributed by atoms with Crippen LogP contribution in [-0.2, 0) is 99.4 Å². The summed E-state index contributed by atoms with van der Waals surface area (Å²) in [7, 11) is 0. The number of nitrogens with zero attached hydrogens (tertiary/aromatic N) is 3. The zero-order chi connectivity index (χ0) is 77.1. The molecule has 104 heavy (non-hydrogen) atoms. The first-order chi connectivity index (χ1) is 49.2. The number of carbonyl (C=O) groups is 16. The van der Waals surface area contributed by atoms with Crippen LogP contribution in [-0.4, -0.2) is 193 Å². The van der Waals surface area contributed by atoms with Gasteiger partial charge in [0.1, 0.15) is 30.0 Å². The Bertz CT molecular complexity index is 3360. The maximum atomic E-state index is 14.2. The molecule has 17 N–H and O–H groups in total. The van der Waals surface area contributed by atoms with Crippen LogP contribution in [0.2, 0.25) is 0 Å². The molecule has 4 rings (SSSR count). The normalized spacial score (nSPS) is 13.2. The standard InChI is InChI=1S/C67H84FN11O25/c68-30-3-4-46-37-79(78-77-46)31-2-1-5-55(84)76-67(27-24-52(81)69-43-13-6-38(7-14-43)32-42(60(93)94)36-47(80)35-41(59(91)92)12-21-56(85)86,28-25-53(82)70-44-15-8-39(9-16-44)33-50(63(99)100)74-65(103)72-48(61(95)96)19-22-57(87)88)29-26-54(83)71-45-17-10-40(11-18-45)34-51(64(101)102)75-66(104)73-49(62(97)98)20-23-58(89)90/h6-11,13-18,37,41-42,48-51H,1-5,12,19-36H2,(H,69,81)(H,70,82)(H,71,83)(H,76,84)(H,85,86)(H,87,88)(H,89,90)(H,91,92)(H,93,94)(H,95,96)(H,97,98)(H,99,100)(H,101,102)(H2,72,74,103)(H2,73,75,104)/t41?,42-,48+,49?,50?,51+,67?/m1/s1. The van der Waals surface area contributed by atoms with Gasteiger partial charge in [0.2, 0.25) is 23.6 Å². The van der Waals surface area contributed by atoms with E-state index in [1.54, 1.807) is 6.20 Å². The van der Waals surface area contributed by atoms with Crippen molar-refractivity contribution in [3.8, 4) is 0 Å². The molecule has 8 amide bonds. The van der Waals surface area contributed by atoms with Gasteiger partial charge < -0.3 is 88.5 Å². The number of aliphatic carboxylic acids is 9. The topological polar surface area (TPSA) is 582 Å². The number of halogens is 1. The van der Waals surface area contributed by atoms with Gasteiger partial charge in [-0.15, -0.1) is 5.10 Å². The molecule has 0 fully saturated rings. The first-order valence-electron chi connectivity index (χ1n) is 32.8. The van der Waals surface area contributed by atoms with Crippen molar-refractivity contribution >= 4 is 112 Å². The molecule has 0 aliphatic rings. The number of amides is 8. The van der Waals surface area contributed by atoms with Gasteiger partial charge in [-0.2, -0.15) is 0 Å². The van der Waals surface area contributed by atoms with Gasteiger partial charge >= 0.3 is 65.8 Å². The largest absolute Gasteiger partial charge is 0.481 e. The summed E-state index contributed by atoms with van der Waals surface area (Å²) in [5.41, 5.74) is 0.588. The molecule has 0 saturated heterocycles. The van der Waals surface area contributed by atoms with Gasteiger partial charge in [-0.25, -0.2) is 28.8 Å². The van der Waals surface area contributed by atoms with Crippen molar-refractivity contribution in [3.63, 3.8) is 0 Å². The van der Waals surface area contributed by atoms with Crippen LogP contribution >= 0.6 is 0 Å². The summed E-state index contributed by atoms with van der Waals surface area (Å²) in [5.74, 6) is -18.8. The Morgan fingerprint density at radius 3 is 1.16 bits per heavy atom. The van der Waals surface area contributed by atoms with Crippen LogP contribution in [0.5, 0.6) is 0 Å². The minimum atomic E-state index is -1.66. The first kappa shape index (κ1) is 84.5. The summed E-state index contributed by atoms with van der Waals surface area (Å²) < 4.78 is 14.4. The third-order valence-electron chi connectivity index (χ3n) is 16.2. The van der Waals surface area contributed by atoms with Crippen LogP contribution in [0.1, 0.15) is 138 Å². The van der Waals surface area contributed by atoms with Gasteiger partial charge in [0.05, 0.1) is 24.2 Å². The van der Waals surface area contributed by atoms with E-state index in [1.165, 1.54) is 77.5 Å². The van der Waals surface area contributed by atoms with E-state index >= 15 is 0 Å². The molecule has 4 unspecified atom stereocenters. The van der Waals surface area contributed by atoms with E-state index in [0.29, 0.717) is 41.8 Å². The molecule has 7 atom stereocenters. The summed E-state index contributed by atoms with van der Waals surface area (Å²) in [6.45, 7) is -0.233. The van der Waals surface area contributed by atoms with Crippen LogP contribution in [0, 0.1) is 11.8 Å². The SMILES string of the molecule is O=C(O)CCC(CC(=O)C[C@@H](Cc1ccc(NC(=O)CCC(CCC(=O)Nc2ccc(CC(NC(=O)N[C@@H](CCC(=O)O)C(=O)O)C(=O)O)cc2)(CCC(=O)Nc2ccc(C[C@H](NC(=O)NC(CCC(=O)O)C(=O)O)C(=O)O)cc2)NC(=O)CCCCn2cc(CCCF)nn2)cc1)C(=O)O)C(=O)O. The smallest absolute Gasteiger partial charge is 0.326 e. The molecular formula is C67H84FN11O25. The van der Waals surface area contributed by atoms with E-state index in [2.05, 4.69) is 42.2 Å². The van der Waals surface area contributed by atoms with Gasteiger partial charge in [0, 0.05) is 106 Å². The molecule has 4 aromatic rings. The van der Waals surface area contributed by atoms with Gasteiger partial charge in [0.15, 0.2) is 0 Å². The van der Waals surface area contributed by atoms with Crippen molar-refractivity contribution in [3.05, 3.63) is 101 Å². The Kier molecular flexibility index (Phi) is 34.9. The molecule has 564 valence electrons. The van der Waals surface area contributed by atoms with E-state index in [1.807, 2.05) is 10.6 Å². The minimum Gasteiger partial charge on any atom is -0.481 e. The average Bonchev–Trinajstić information content (AvgIpc) is 1.77. The number of anilines is 3. The fourth-order valence-corrected chi connectivity index (χ4v) is 10.6. The second kappa shape index (κ2) is 43.0. The third kappa shape index (κ3) is 32.6. The van der Waals surface area contributed by atoms with Gasteiger partial charge in [0.25, 0.3) is 0 Å². The zero-order valence-corrected chi connectivity index (χ0v) is 56.2. The monoisotopic (exact) mass is 1460 g/mol. The van der Waals surface area contributed by atoms with Crippen molar-refractivity contribution < 1.29 is 127 Å². The average molecular weight is 1460 g/mol. The molecule has 37 heteroatoms. The second-order valence-corrected chi connectivity index (χ2v) is 24.5. The molecule has 0 aliphatic heterocycles. The summed E-state index contributed by atoms with van der Waals surface area (Å²) >= 11 is 0. The van der Waals surface area contributed by atoms with Crippen LogP contribution in [0.15, 0.2) is 79.0 Å². The summed E-state index contributed by atoms with van der Waals surface area (Å²) in [6.07, 6.45) is -4.22. The lowest BCUT2D eigenvalue weighted by atomic mass is 9.82. The lowest BCUT2D eigenvalue weighted by Gasteiger charge is -2.35. The Labute approximate surface area is 592 Å². The fraction of sp³-hybridized carbons (Fsp3) is 0.463. The summed E-state index contributed by atoms with van der Waals surface area (Å²) in [5, 5.41) is 113. The number of alkyl halides is 1. The molecule has 3 aromatic carbocycles. The van der Waals surface area contributed by atoms with E-state index < -0.39 is 188 Å². The Balaban J connectivity index is 1.61. The summed E-state index contributed by atoms with van der Waals surface area (Å²) in [6, 6.07) is 8.12. The Morgan fingerprint density at radius 2 is 0.788 bits per heavy atom. The van der Waals surface area contributed by atoms with Crippen LogP contribution < -0.4 is 42.5 Å². The minimum absolute atomic E-state index is 0.121. The van der Waals surface area contributed by atoms with Crippen molar-refractivity contribution in [2.45, 2.75) is 178 Å². The van der Waals surface area contributed by atoms with E-state index in [0.717, 1.165) is 0 Å². The molecule has 1 aromatic heterocycles. The molecule has 36 nitrogen and oxygen atoms in total. The van der Waals surface area contributed by atoms with Gasteiger partial charge in [-0.1, -0.05) is 41.6 Å². The highest BCUT2D eigenvalue weighted by atomic mass is 19.1. The summed E-state index contributed by atoms with van der Waals surface area (Å²) in [4.78, 5) is 199. The molecule has 0 saturated carbocycles.